The lowest BCUT2D eigenvalue weighted by Crippen LogP contribution is -2.72. The minimum Gasteiger partial charge on any atom is -0.252 e. The second-order valence-electron chi connectivity index (χ2n) is 4.66. The normalized spacial score (nSPS) is 16.2. The van der Waals surface area contributed by atoms with E-state index in [4.69, 9.17) is 5.26 Å². The molecule has 0 aliphatic carbocycles. The molecule has 17 heteroatoms. The van der Waals surface area contributed by atoms with Gasteiger partial charge in [-0.25, -0.2) is 4.89 Å². The standard InChI is InChI=1S/C9H5F15O2/c10-3(11,1-2-26-25)4(12,13)5(14,15)6(16,17)7(18,19)8(20,21)9(22,23)24/h25H,1-2H2. The van der Waals surface area contributed by atoms with Crippen LogP contribution < -0.4 is 0 Å². The van der Waals surface area contributed by atoms with E-state index in [1.165, 1.54) is 0 Å². The topological polar surface area (TPSA) is 29.5 Å². The van der Waals surface area contributed by atoms with E-state index < -0.39 is 54.7 Å². The molecule has 0 rings (SSSR count). The van der Waals surface area contributed by atoms with Crippen LogP contribution in [0.25, 0.3) is 0 Å². The molecule has 0 aromatic rings. The molecule has 158 valence electrons. The highest BCUT2D eigenvalue weighted by atomic mass is 19.4. The molecule has 0 radical (unpaired) electrons. The van der Waals surface area contributed by atoms with Crippen molar-refractivity contribution in [2.24, 2.45) is 0 Å². The van der Waals surface area contributed by atoms with Crippen molar-refractivity contribution in [3.63, 3.8) is 0 Å². The van der Waals surface area contributed by atoms with Gasteiger partial charge in [0.2, 0.25) is 0 Å². The Bertz CT molecular complexity index is 494. The van der Waals surface area contributed by atoms with Gasteiger partial charge in [-0.2, -0.15) is 65.9 Å². The van der Waals surface area contributed by atoms with Crippen LogP contribution in [0.3, 0.4) is 0 Å². The molecule has 0 spiro atoms. The van der Waals surface area contributed by atoms with Crippen LogP contribution >= 0.6 is 0 Å². The van der Waals surface area contributed by atoms with Crippen molar-refractivity contribution in [3.05, 3.63) is 0 Å². The molecular weight excluding hydrogens is 425 g/mol. The van der Waals surface area contributed by atoms with E-state index in [-0.39, 0.29) is 0 Å². The highest BCUT2D eigenvalue weighted by Gasteiger charge is 2.93. The number of halogens is 15. The molecule has 0 saturated heterocycles. The lowest BCUT2D eigenvalue weighted by Gasteiger charge is -2.41. The smallest absolute Gasteiger partial charge is 0.252 e. The molecule has 0 fully saturated rings. The summed E-state index contributed by atoms with van der Waals surface area (Å²) < 4.78 is 190. The Labute approximate surface area is 132 Å². The fraction of sp³-hybridized carbons (Fsp3) is 1.00. The van der Waals surface area contributed by atoms with Crippen molar-refractivity contribution in [2.45, 2.75) is 48.1 Å². The van der Waals surface area contributed by atoms with Crippen LogP contribution in [0.5, 0.6) is 0 Å². The first-order valence-corrected chi connectivity index (χ1v) is 5.66. The summed E-state index contributed by atoms with van der Waals surface area (Å²) in [7, 11) is 0. The van der Waals surface area contributed by atoms with Crippen LogP contribution in [0.1, 0.15) is 6.42 Å². The van der Waals surface area contributed by atoms with Gasteiger partial charge in [-0.05, 0) is 0 Å². The molecule has 0 amide bonds. The Morgan fingerprint density at radius 3 is 1.12 bits per heavy atom. The van der Waals surface area contributed by atoms with E-state index in [2.05, 4.69) is 4.89 Å². The quantitative estimate of drug-likeness (QED) is 0.324. The molecule has 26 heavy (non-hydrogen) atoms. The maximum absolute atomic E-state index is 13.1. The van der Waals surface area contributed by atoms with Crippen LogP contribution in [0.4, 0.5) is 65.9 Å². The van der Waals surface area contributed by atoms with E-state index in [1.54, 1.807) is 0 Å². The van der Waals surface area contributed by atoms with E-state index in [0.29, 0.717) is 0 Å². The number of rotatable bonds is 8. The van der Waals surface area contributed by atoms with Crippen molar-refractivity contribution in [2.75, 3.05) is 6.61 Å². The van der Waals surface area contributed by atoms with Gasteiger partial charge in [0.1, 0.15) is 0 Å². The van der Waals surface area contributed by atoms with Gasteiger partial charge < -0.3 is 0 Å². The van der Waals surface area contributed by atoms with Gasteiger partial charge >= 0.3 is 41.7 Å². The van der Waals surface area contributed by atoms with Crippen molar-refractivity contribution in [1.82, 2.24) is 0 Å². The summed E-state index contributed by atoms with van der Waals surface area (Å²) >= 11 is 0. The molecule has 0 aliphatic heterocycles. The lowest BCUT2D eigenvalue weighted by molar-refractivity contribution is -0.453. The summed E-state index contributed by atoms with van der Waals surface area (Å²) in [6, 6.07) is 0. The second kappa shape index (κ2) is 6.49. The van der Waals surface area contributed by atoms with Gasteiger partial charge in [-0.3, -0.25) is 5.26 Å². The van der Waals surface area contributed by atoms with E-state index in [1.807, 2.05) is 0 Å². The van der Waals surface area contributed by atoms with E-state index in [0.717, 1.165) is 0 Å². The zero-order chi connectivity index (χ0) is 21.6. The highest BCUT2D eigenvalue weighted by Crippen LogP contribution is 2.62. The molecule has 0 saturated carbocycles. The minimum atomic E-state index is -8.30. The molecule has 0 heterocycles. The molecule has 0 atom stereocenters. The maximum atomic E-state index is 13.1. The third-order valence-corrected chi connectivity index (χ3v) is 2.90. The fourth-order valence-corrected chi connectivity index (χ4v) is 1.33. The summed E-state index contributed by atoms with van der Waals surface area (Å²) in [4.78, 5) is 2.77. The van der Waals surface area contributed by atoms with E-state index in [9.17, 15) is 65.9 Å². The van der Waals surface area contributed by atoms with Crippen molar-refractivity contribution in [1.29, 1.82) is 0 Å². The van der Waals surface area contributed by atoms with Gasteiger partial charge in [0.25, 0.3) is 0 Å². The Morgan fingerprint density at radius 2 is 0.808 bits per heavy atom. The molecule has 2 nitrogen and oxygen atoms in total. The average molecular weight is 430 g/mol. The largest absolute Gasteiger partial charge is 0.460 e. The fourth-order valence-electron chi connectivity index (χ4n) is 1.33. The lowest BCUT2D eigenvalue weighted by atomic mass is 9.90. The van der Waals surface area contributed by atoms with Gasteiger partial charge in [-0.15, -0.1) is 0 Å². The third-order valence-electron chi connectivity index (χ3n) is 2.90. The summed E-state index contributed by atoms with van der Waals surface area (Å²) in [5.41, 5.74) is 0. The summed E-state index contributed by atoms with van der Waals surface area (Å²) in [6.07, 6.45) is -10.3. The first kappa shape index (κ1) is 24.9. The summed E-state index contributed by atoms with van der Waals surface area (Å²) in [5.74, 6) is -46.6. The molecule has 0 bridgehead atoms. The zero-order valence-corrected chi connectivity index (χ0v) is 11.4. The van der Waals surface area contributed by atoms with Crippen LogP contribution in [0.15, 0.2) is 0 Å². The Kier molecular flexibility index (Phi) is 6.21. The van der Waals surface area contributed by atoms with Crippen LogP contribution in [0.2, 0.25) is 0 Å². The number of hydrogen-bond donors (Lipinski definition) is 1. The summed E-state index contributed by atoms with van der Waals surface area (Å²) in [6.45, 7) is -1.95. The average Bonchev–Trinajstić information content (AvgIpc) is 2.42. The second-order valence-corrected chi connectivity index (χ2v) is 4.66. The van der Waals surface area contributed by atoms with Gasteiger partial charge in [0.15, 0.2) is 0 Å². The van der Waals surface area contributed by atoms with E-state index >= 15 is 0 Å². The Hall–Kier alpha value is -1.13. The SMILES string of the molecule is OOCCC(F)(F)C(F)(F)C(F)(F)C(F)(F)C(F)(F)C(F)(F)C(F)(F)F. The predicted octanol–water partition coefficient (Wildman–Crippen LogP) is 5.24. The van der Waals surface area contributed by atoms with Crippen molar-refractivity contribution < 1.29 is 76.0 Å². The van der Waals surface area contributed by atoms with Crippen LogP contribution in [0, 0.1) is 0 Å². The monoisotopic (exact) mass is 430 g/mol. The summed E-state index contributed by atoms with van der Waals surface area (Å²) in [5, 5.41) is 7.63. The highest BCUT2D eigenvalue weighted by molar-refractivity contribution is 5.12. The number of hydrogen-bond acceptors (Lipinski definition) is 2. The predicted molar refractivity (Wildman–Crippen MR) is 48.9 cm³/mol. The molecule has 0 unspecified atom stereocenters. The Balaban J connectivity index is 6.33. The van der Waals surface area contributed by atoms with Crippen LogP contribution in [-0.4, -0.2) is 53.6 Å². The van der Waals surface area contributed by atoms with Gasteiger partial charge in [0.05, 0.1) is 6.61 Å². The molecular formula is C9H5F15O2. The van der Waals surface area contributed by atoms with Crippen molar-refractivity contribution >= 4 is 0 Å². The number of alkyl halides is 15. The third kappa shape index (κ3) is 3.27. The minimum absolute atomic E-state index is 1.95. The van der Waals surface area contributed by atoms with Crippen LogP contribution in [-0.2, 0) is 4.89 Å². The first-order valence-electron chi connectivity index (χ1n) is 5.66. The molecule has 0 aromatic heterocycles. The molecule has 0 aromatic carbocycles. The van der Waals surface area contributed by atoms with Crippen molar-refractivity contribution in [3.8, 4) is 0 Å². The molecule has 1 N–H and O–H groups in total. The first-order chi connectivity index (χ1) is 11.1. The maximum Gasteiger partial charge on any atom is 0.460 e. The Morgan fingerprint density at radius 1 is 0.500 bits per heavy atom. The van der Waals surface area contributed by atoms with Gasteiger partial charge in [-0.1, -0.05) is 0 Å². The van der Waals surface area contributed by atoms with Gasteiger partial charge in [0, 0.05) is 6.42 Å². The zero-order valence-electron chi connectivity index (χ0n) is 11.4. The molecule has 0 aliphatic rings.